The molecule has 0 saturated heterocycles. The number of carbonyl (C=O) groups excluding carboxylic acids is 1. The van der Waals surface area contributed by atoms with E-state index < -0.39 is 0 Å². The minimum Gasteiger partial charge on any atom is -0.338 e. The molecule has 2 amide bonds. The van der Waals surface area contributed by atoms with E-state index in [9.17, 15) is 9.18 Å². The van der Waals surface area contributed by atoms with Gasteiger partial charge in [0.05, 0.1) is 0 Å². The molecule has 0 atom stereocenters. The summed E-state index contributed by atoms with van der Waals surface area (Å²) >= 11 is 1.69. The van der Waals surface area contributed by atoms with Crippen LogP contribution in [-0.4, -0.2) is 30.8 Å². The zero-order valence-corrected chi connectivity index (χ0v) is 14.2. The van der Waals surface area contributed by atoms with Gasteiger partial charge in [-0.1, -0.05) is 24.3 Å². The van der Waals surface area contributed by atoms with Gasteiger partial charge in [-0.25, -0.2) is 9.18 Å². The molecule has 2 aromatic carbocycles. The van der Waals surface area contributed by atoms with E-state index >= 15 is 0 Å². The van der Waals surface area contributed by atoms with E-state index in [2.05, 4.69) is 17.4 Å². The second-order valence-corrected chi connectivity index (χ2v) is 6.20. The third-order valence-corrected chi connectivity index (χ3v) is 4.25. The standard InChI is InChI=1S/C18H21FN2OS/c1-21(13-15-6-8-17(23-2)9-7-15)18(22)20-11-10-14-4-3-5-16(19)12-14/h3-9,12H,10-11,13H2,1-2H3,(H,20,22). The van der Waals surface area contributed by atoms with Crippen molar-refractivity contribution in [3.63, 3.8) is 0 Å². The first-order valence-electron chi connectivity index (χ1n) is 7.45. The number of nitrogens with one attached hydrogen (secondary N) is 1. The Morgan fingerprint density at radius 3 is 2.57 bits per heavy atom. The lowest BCUT2D eigenvalue weighted by Gasteiger charge is -2.18. The fourth-order valence-corrected chi connectivity index (χ4v) is 2.63. The van der Waals surface area contributed by atoms with Crippen LogP contribution < -0.4 is 5.32 Å². The Labute approximate surface area is 140 Å². The number of hydrogen-bond donors (Lipinski definition) is 1. The van der Waals surface area contributed by atoms with Crippen LogP contribution in [0.5, 0.6) is 0 Å². The summed E-state index contributed by atoms with van der Waals surface area (Å²) < 4.78 is 13.1. The molecule has 5 heteroatoms. The molecule has 1 N–H and O–H groups in total. The topological polar surface area (TPSA) is 32.3 Å². The number of rotatable bonds is 6. The van der Waals surface area contributed by atoms with E-state index in [1.165, 1.54) is 17.0 Å². The Bertz CT molecular complexity index is 646. The van der Waals surface area contributed by atoms with Gasteiger partial charge >= 0.3 is 6.03 Å². The van der Waals surface area contributed by atoms with Crippen molar-refractivity contribution in [3.05, 3.63) is 65.5 Å². The first kappa shape index (κ1) is 17.3. The fraction of sp³-hybridized carbons (Fsp3) is 0.278. The van der Waals surface area contributed by atoms with E-state index in [0.717, 1.165) is 11.1 Å². The van der Waals surface area contributed by atoms with Crippen molar-refractivity contribution in [3.8, 4) is 0 Å². The highest BCUT2D eigenvalue weighted by atomic mass is 32.2. The molecule has 0 heterocycles. The minimum absolute atomic E-state index is 0.129. The summed E-state index contributed by atoms with van der Waals surface area (Å²) in [6, 6.07) is 14.5. The number of halogens is 1. The third kappa shape index (κ3) is 5.60. The lowest BCUT2D eigenvalue weighted by molar-refractivity contribution is 0.207. The maximum absolute atomic E-state index is 13.1. The molecule has 122 valence electrons. The molecule has 0 fully saturated rings. The predicted octanol–water partition coefficient (Wildman–Crippen LogP) is 3.93. The fourth-order valence-electron chi connectivity index (χ4n) is 2.22. The number of amides is 2. The van der Waals surface area contributed by atoms with Crippen LogP contribution in [-0.2, 0) is 13.0 Å². The molecule has 0 saturated carbocycles. The zero-order chi connectivity index (χ0) is 16.7. The van der Waals surface area contributed by atoms with E-state index in [1.54, 1.807) is 29.8 Å². The normalized spacial score (nSPS) is 10.4. The molecule has 0 bridgehead atoms. The Balaban J connectivity index is 1.78. The lowest BCUT2D eigenvalue weighted by Crippen LogP contribution is -2.37. The van der Waals surface area contributed by atoms with Crippen LogP contribution in [0.2, 0.25) is 0 Å². The number of carbonyl (C=O) groups is 1. The van der Waals surface area contributed by atoms with Crippen molar-refractivity contribution in [2.75, 3.05) is 19.8 Å². The molecule has 23 heavy (non-hydrogen) atoms. The second-order valence-electron chi connectivity index (χ2n) is 5.32. The highest BCUT2D eigenvalue weighted by Crippen LogP contribution is 2.15. The molecule has 2 aromatic rings. The minimum atomic E-state index is -0.250. The Morgan fingerprint density at radius 1 is 1.17 bits per heavy atom. The van der Waals surface area contributed by atoms with Gasteiger partial charge in [0.25, 0.3) is 0 Å². The van der Waals surface area contributed by atoms with Crippen LogP contribution in [0, 0.1) is 5.82 Å². The second kappa shape index (κ2) is 8.58. The molecule has 0 aromatic heterocycles. The summed E-state index contributed by atoms with van der Waals surface area (Å²) in [5.41, 5.74) is 1.96. The molecular weight excluding hydrogens is 311 g/mol. The van der Waals surface area contributed by atoms with E-state index in [1.807, 2.05) is 24.5 Å². The highest BCUT2D eigenvalue weighted by molar-refractivity contribution is 7.98. The quantitative estimate of drug-likeness (QED) is 0.813. The molecule has 2 rings (SSSR count). The van der Waals surface area contributed by atoms with Gasteiger partial charge in [-0.15, -0.1) is 11.8 Å². The largest absolute Gasteiger partial charge is 0.338 e. The number of hydrogen-bond acceptors (Lipinski definition) is 2. The Hall–Kier alpha value is -2.01. The van der Waals surface area contributed by atoms with Crippen molar-refractivity contribution < 1.29 is 9.18 Å². The molecule has 0 aliphatic heterocycles. The zero-order valence-electron chi connectivity index (χ0n) is 13.4. The van der Waals surface area contributed by atoms with Crippen molar-refractivity contribution in [1.82, 2.24) is 10.2 Å². The van der Waals surface area contributed by atoms with Crippen molar-refractivity contribution in [2.45, 2.75) is 17.9 Å². The first-order chi connectivity index (χ1) is 11.1. The van der Waals surface area contributed by atoms with E-state index in [4.69, 9.17) is 0 Å². The molecule has 3 nitrogen and oxygen atoms in total. The van der Waals surface area contributed by atoms with Gasteiger partial charge < -0.3 is 10.2 Å². The summed E-state index contributed by atoms with van der Waals surface area (Å²) in [6.45, 7) is 1.04. The number of thioether (sulfide) groups is 1. The van der Waals surface area contributed by atoms with Crippen molar-refractivity contribution in [1.29, 1.82) is 0 Å². The first-order valence-corrected chi connectivity index (χ1v) is 8.67. The van der Waals surface area contributed by atoms with Crippen molar-refractivity contribution in [2.24, 2.45) is 0 Å². The monoisotopic (exact) mass is 332 g/mol. The van der Waals surface area contributed by atoms with Gasteiger partial charge in [0, 0.05) is 25.0 Å². The van der Waals surface area contributed by atoms with Gasteiger partial charge in [0.1, 0.15) is 5.82 Å². The van der Waals surface area contributed by atoms with Gasteiger partial charge in [0.2, 0.25) is 0 Å². The number of urea groups is 1. The smallest absolute Gasteiger partial charge is 0.317 e. The van der Waals surface area contributed by atoms with Crippen LogP contribution >= 0.6 is 11.8 Å². The summed E-state index contributed by atoms with van der Waals surface area (Å²) in [4.78, 5) is 14.9. The SMILES string of the molecule is CSc1ccc(CN(C)C(=O)NCCc2cccc(F)c2)cc1. The summed E-state index contributed by atoms with van der Waals surface area (Å²) in [5.74, 6) is -0.250. The average molecular weight is 332 g/mol. The van der Waals surface area contributed by atoms with E-state index in [0.29, 0.717) is 19.5 Å². The predicted molar refractivity (Wildman–Crippen MR) is 93.2 cm³/mol. The van der Waals surface area contributed by atoms with Crippen LogP contribution in [0.4, 0.5) is 9.18 Å². The molecule has 0 aliphatic rings. The molecule has 0 aliphatic carbocycles. The summed E-state index contributed by atoms with van der Waals surface area (Å²) in [5, 5.41) is 2.85. The van der Waals surface area contributed by atoms with E-state index in [-0.39, 0.29) is 11.8 Å². The van der Waals surface area contributed by atoms with Crippen molar-refractivity contribution >= 4 is 17.8 Å². The summed E-state index contributed by atoms with van der Waals surface area (Å²) in [7, 11) is 1.76. The van der Waals surface area contributed by atoms with Crippen LogP contribution in [0.15, 0.2) is 53.4 Å². The number of nitrogens with zero attached hydrogens (tertiary/aromatic N) is 1. The maximum atomic E-state index is 13.1. The maximum Gasteiger partial charge on any atom is 0.317 e. The lowest BCUT2D eigenvalue weighted by atomic mass is 10.1. The Kier molecular flexibility index (Phi) is 6.47. The summed E-state index contributed by atoms with van der Waals surface area (Å²) in [6.07, 6.45) is 2.65. The van der Waals surface area contributed by atoms with Crippen LogP contribution in [0.1, 0.15) is 11.1 Å². The van der Waals surface area contributed by atoms with Crippen LogP contribution in [0.25, 0.3) is 0 Å². The van der Waals surface area contributed by atoms with Gasteiger partial charge in [-0.2, -0.15) is 0 Å². The van der Waals surface area contributed by atoms with Gasteiger partial charge in [-0.3, -0.25) is 0 Å². The third-order valence-electron chi connectivity index (χ3n) is 3.50. The molecule has 0 unspecified atom stereocenters. The highest BCUT2D eigenvalue weighted by Gasteiger charge is 2.08. The van der Waals surface area contributed by atoms with Gasteiger partial charge in [0.15, 0.2) is 0 Å². The Morgan fingerprint density at radius 2 is 1.91 bits per heavy atom. The molecular formula is C18H21FN2OS. The van der Waals surface area contributed by atoms with Gasteiger partial charge in [-0.05, 0) is 48.1 Å². The average Bonchev–Trinajstić information content (AvgIpc) is 2.55. The number of benzene rings is 2. The molecule has 0 spiro atoms. The molecule has 0 radical (unpaired) electrons. The van der Waals surface area contributed by atoms with Crippen LogP contribution in [0.3, 0.4) is 0 Å².